The first kappa shape index (κ1) is 18.2. The van der Waals surface area contributed by atoms with Crippen LogP contribution in [-0.2, 0) is 21.4 Å². The number of nitrogens with zero attached hydrogens (tertiary/aromatic N) is 2. The quantitative estimate of drug-likeness (QED) is 0.829. The normalized spacial score (nSPS) is 20.8. The zero-order valence-corrected chi connectivity index (χ0v) is 14.3. The predicted octanol–water partition coefficient (Wildman–Crippen LogP) is 2.49. The smallest absolute Gasteiger partial charge is 0.431 e. The molecule has 0 aromatic carbocycles. The molecule has 0 spiro atoms. The molecule has 0 amide bonds. The monoisotopic (exact) mass is 369 g/mol. The van der Waals surface area contributed by atoms with Gasteiger partial charge in [-0.05, 0) is 19.8 Å². The molecule has 2 heterocycles. The van der Waals surface area contributed by atoms with E-state index in [0.717, 1.165) is 0 Å². The second-order valence-electron chi connectivity index (χ2n) is 6.13. The number of aryl methyl sites for hydroxylation is 1. The van der Waals surface area contributed by atoms with Gasteiger partial charge in [0.15, 0.2) is 5.78 Å². The van der Waals surface area contributed by atoms with Crippen molar-refractivity contribution < 1.29 is 27.5 Å². The van der Waals surface area contributed by atoms with Gasteiger partial charge in [-0.15, -0.1) is 0 Å². The molecular formula is C17H18F3N3O3. The van der Waals surface area contributed by atoms with Gasteiger partial charge in [-0.3, -0.25) is 4.79 Å². The molecule has 1 N–H and O–H groups in total. The van der Waals surface area contributed by atoms with E-state index < -0.39 is 29.3 Å². The van der Waals surface area contributed by atoms with E-state index in [0.29, 0.717) is 12.8 Å². The number of Topliss-reactive ketones (excluding diaryl/α,β-unsaturated/α-hetero) is 1. The van der Waals surface area contributed by atoms with Crippen LogP contribution in [-0.4, -0.2) is 34.1 Å². The van der Waals surface area contributed by atoms with E-state index in [9.17, 15) is 22.8 Å². The minimum Gasteiger partial charge on any atom is -0.463 e. The number of aromatic nitrogens is 2. The zero-order chi connectivity index (χ0) is 19.1. The third kappa shape index (κ3) is 3.02. The molecule has 3 rings (SSSR count). The van der Waals surface area contributed by atoms with Crippen LogP contribution in [0.2, 0.25) is 0 Å². The molecule has 0 radical (unpaired) electrons. The fourth-order valence-electron chi connectivity index (χ4n) is 3.40. The maximum absolute atomic E-state index is 13.7. The highest BCUT2D eigenvalue weighted by atomic mass is 19.4. The predicted molar refractivity (Wildman–Crippen MR) is 84.7 cm³/mol. The van der Waals surface area contributed by atoms with E-state index in [2.05, 4.69) is 10.3 Å². The van der Waals surface area contributed by atoms with E-state index in [1.165, 1.54) is 17.7 Å². The lowest BCUT2D eigenvalue weighted by atomic mass is 9.78. The third-order valence-corrected chi connectivity index (χ3v) is 4.47. The number of hydrogen-bond donors (Lipinski definition) is 1. The van der Waals surface area contributed by atoms with Gasteiger partial charge in [0.25, 0.3) is 0 Å². The van der Waals surface area contributed by atoms with Crippen molar-refractivity contribution in [2.45, 2.75) is 38.3 Å². The number of carbonyl (C=O) groups is 2. The lowest BCUT2D eigenvalue weighted by Crippen LogP contribution is -2.40. The lowest BCUT2D eigenvalue weighted by molar-refractivity contribution is -0.140. The van der Waals surface area contributed by atoms with Gasteiger partial charge >= 0.3 is 12.1 Å². The average Bonchev–Trinajstić information content (AvgIpc) is 2.98. The summed E-state index contributed by atoms with van der Waals surface area (Å²) in [5, 5.41) is 2.30. The zero-order valence-electron chi connectivity index (χ0n) is 14.3. The van der Waals surface area contributed by atoms with Gasteiger partial charge in [-0.1, -0.05) is 0 Å². The molecule has 0 bridgehead atoms. The summed E-state index contributed by atoms with van der Waals surface area (Å²) >= 11 is 0. The third-order valence-electron chi connectivity index (χ3n) is 4.47. The number of nitrogens with one attached hydrogen (secondary N) is 1. The van der Waals surface area contributed by atoms with E-state index in [-0.39, 0.29) is 35.9 Å². The van der Waals surface area contributed by atoms with Gasteiger partial charge in [-0.2, -0.15) is 13.2 Å². The van der Waals surface area contributed by atoms with Gasteiger partial charge in [0.05, 0.1) is 18.1 Å². The Morgan fingerprint density at radius 1 is 1.42 bits per heavy atom. The van der Waals surface area contributed by atoms with E-state index in [4.69, 9.17) is 4.74 Å². The van der Waals surface area contributed by atoms with Crippen molar-refractivity contribution >= 4 is 11.8 Å². The fourth-order valence-corrected chi connectivity index (χ4v) is 3.40. The van der Waals surface area contributed by atoms with Gasteiger partial charge in [-0.25, -0.2) is 9.78 Å². The minimum atomic E-state index is -4.80. The Bertz CT molecular complexity index is 821. The standard InChI is InChI=1S/C17H18F3N3O3/c1-3-26-16(25)13-12(15-21-7-8-23(15)2)11-9(5-4-6-10(11)24)22-14(13)17(18,19)20/h7-8,12,22H,3-6H2,1-2H3. The highest BCUT2D eigenvalue weighted by Crippen LogP contribution is 2.45. The summed E-state index contributed by atoms with van der Waals surface area (Å²) in [4.78, 5) is 29.1. The number of halogens is 3. The second kappa shape index (κ2) is 6.62. The summed E-state index contributed by atoms with van der Waals surface area (Å²) in [7, 11) is 1.61. The number of imidazole rings is 1. The number of rotatable bonds is 3. The molecule has 1 aliphatic carbocycles. The molecule has 1 atom stereocenters. The molecule has 0 saturated carbocycles. The number of carbonyl (C=O) groups excluding carboxylic acids is 2. The molecule has 1 unspecified atom stereocenters. The van der Waals surface area contributed by atoms with Gasteiger partial charge in [0.1, 0.15) is 11.5 Å². The molecule has 2 aliphatic rings. The van der Waals surface area contributed by atoms with Crippen LogP contribution in [0.15, 0.2) is 34.9 Å². The van der Waals surface area contributed by atoms with Crippen molar-refractivity contribution in [1.29, 1.82) is 0 Å². The van der Waals surface area contributed by atoms with Crippen LogP contribution in [0.25, 0.3) is 0 Å². The SMILES string of the molecule is CCOC(=O)C1=C(C(F)(F)F)NC2=C(C(=O)CCC2)C1c1nccn1C. The molecule has 1 aromatic rings. The maximum Gasteiger partial charge on any atom is 0.431 e. The average molecular weight is 369 g/mol. The molecule has 1 aromatic heterocycles. The second-order valence-corrected chi connectivity index (χ2v) is 6.13. The van der Waals surface area contributed by atoms with Crippen molar-refractivity contribution in [3.8, 4) is 0 Å². The summed E-state index contributed by atoms with van der Waals surface area (Å²) in [6, 6.07) is 0. The van der Waals surface area contributed by atoms with Gasteiger partial charge in [0, 0.05) is 37.1 Å². The number of allylic oxidation sites excluding steroid dienone is 3. The van der Waals surface area contributed by atoms with Crippen LogP contribution in [0.1, 0.15) is 37.9 Å². The maximum atomic E-state index is 13.7. The molecule has 9 heteroatoms. The highest BCUT2D eigenvalue weighted by molar-refractivity contribution is 6.03. The first-order chi connectivity index (χ1) is 12.3. The molecule has 6 nitrogen and oxygen atoms in total. The Morgan fingerprint density at radius 2 is 2.15 bits per heavy atom. The molecule has 1 aliphatic heterocycles. The summed E-state index contributed by atoms with van der Waals surface area (Å²) < 4.78 is 47.5. The van der Waals surface area contributed by atoms with Gasteiger partial charge in [0.2, 0.25) is 0 Å². The summed E-state index contributed by atoms with van der Waals surface area (Å²) in [5.41, 5.74) is -1.43. The Hall–Kier alpha value is -2.58. The number of esters is 1. The topological polar surface area (TPSA) is 73.2 Å². The number of ketones is 1. The number of hydrogen-bond acceptors (Lipinski definition) is 5. The number of alkyl halides is 3. The minimum absolute atomic E-state index is 0.0827. The molecule has 140 valence electrons. The van der Waals surface area contributed by atoms with E-state index in [1.54, 1.807) is 13.2 Å². The van der Waals surface area contributed by atoms with Crippen LogP contribution in [0.3, 0.4) is 0 Å². The lowest BCUT2D eigenvalue weighted by Gasteiger charge is -2.34. The number of ether oxygens (including phenoxy) is 1. The summed E-state index contributed by atoms with van der Waals surface area (Å²) in [6.07, 6.45) is -0.846. The van der Waals surface area contributed by atoms with Crippen LogP contribution in [0.4, 0.5) is 13.2 Å². The number of dihydropyridines is 1. The highest BCUT2D eigenvalue weighted by Gasteiger charge is 2.49. The first-order valence-corrected chi connectivity index (χ1v) is 8.24. The first-order valence-electron chi connectivity index (χ1n) is 8.24. The summed E-state index contributed by atoms with van der Waals surface area (Å²) in [6.45, 7) is 1.43. The van der Waals surface area contributed by atoms with Crippen molar-refractivity contribution in [2.75, 3.05) is 6.61 Å². The van der Waals surface area contributed by atoms with Gasteiger partial charge < -0.3 is 14.6 Å². The van der Waals surface area contributed by atoms with Crippen molar-refractivity contribution in [1.82, 2.24) is 14.9 Å². The molecule has 0 fully saturated rings. The fraction of sp³-hybridized carbons (Fsp3) is 0.471. The van der Waals surface area contributed by atoms with Crippen LogP contribution in [0, 0.1) is 0 Å². The Labute approximate surface area is 147 Å². The Balaban J connectivity index is 2.27. The van der Waals surface area contributed by atoms with Crippen molar-refractivity contribution in [3.63, 3.8) is 0 Å². The largest absolute Gasteiger partial charge is 0.463 e. The van der Waals surface area contributed by atoms with E-state index in [1.807, 2.05) is 0 Å². The summed E-state index contributed by atoms with van der Waals surface area (Å²) in [5.74, 6) is -2.41. The van der Waals surface area contributed by atoms with Crippen LogP contribution in [0.5, 0.6) is 0 Å². The van der Waals surface area contributed by atoms with E-state index >= 15 is 0 Å². The molecule has 0 saturated heterocycles. The molecule has 26 heavy (non-hydrogen) atoms. The van der Waals surface area contributed by atoms with Crippen molar-refractivity contribution in [3.05, 3.63) is 40.8 Å². The van der Waals surface area contributed by atoms with Crippen LogP contribution >= 0.6 is 0 Å². The Morgan fingerprint density at radius 3 is 2.73 bits per heavy atom. The van der Waals surface area contributed by atoms with Crippen LogP contribution < -0.4 is 5.32 Å². The Kier molecular flexibility index (Phi) is 4.64. The van der Waals surface area contributed by atoms with Crippen molar-refractivity contribution in [2.24, 2.45) is 7.05 Å². The molecular weight excluding hydrogens is 351 g/mol.